The van der Waals surface area contributed by atoms with Crippen molar-refractivity contribution in [3.05, 3.63) is 28.2 Å². The third-order valence-electron chi connectivity index (χ3n) is 2.41. The molecule has 0 unspecified atom stereocenters. The first-order chi connectivity index (χ1) is 9.42. The molecule has 1 aromatic carbocycles. The number of sulfonamides is 1. The Morgan fingerprint density at radius 1 is 1.24 bits per heavy atom. The highest BCUT2D eigenvalue weighted by Crippen LogP contribution is 2.25. The van der Waals surface area contributed by atoms with Gasteiger partial charge in [0.15, 0.2) is 0 Å². The Bertz CT molecular complexity index is 639. The number of hydrogen-bond acceptors (Lipinski definition) is 3. The average Bonchev–Trinajstić information content (AvgIpc) is 2.29. The van der Waals surface area contributed by atoms with E-state index in [1.165, 1.54) is 25.1 Å². The summed E-state index contributed by atoms with van der Waals surface area (Å²) in [6.45, 7) is 6.87. The lowest BCUT2D eigenvalue weighted by molar-refractivity contribution is -0.123. The van der Waals surface area contributed by atoms with E-state index in [1.54, 1.807) is 20.8 Å². The van der Waals surface area contributed by atoms with Gasteiger partial charge in [0, 0.05) is 10.6 Å². The number of halogens is 2. The molecule has 1 amide bonds. The lowest BCUT2D eigenvalue weighted by atomic mass is 10.1. The van der Waals surface area contributed by atoms with E-state index in [0.29, 0.717) is 0 Å². The van der Waals surface area contributed by atoms with Crippen LogP contribution in [0.25, 0.3) is 0 Å². The van der Waals surface area contributed by atoms with Crippen molar-refractivity contribution in [3.8, 4) is 0 Å². The number of hydrogen-bond donors (Lipinski definition) is 2. The van der Waals surface area contributed by atoms with E-state index in [4.69, 9.17) is 23.2 Å². The predicted molar refractivity (Wildman–Crippen MR) is 84.1 cm³/mol. The molecular weight excluding hydrogens is 335 g/mol. The molecule has 0 heterocycles. The molecule has 118 valence electrons. The Kier molecular flexibility index (Phi) is 5.66. The van der Waals surface area contributed by atoms with Gasteiger partial charge in [0.1, 0.15) is 4.90 Å². The Hall–Kier alpha value is -0.820. The fourth-order valence-corrected chi connectivity index (χ4v) is 3.48. The van der Waals surface area contributed by atoms with Gasteiger partial charge in [-0.15, -0.1) is 0 Å². The summed E-state index contributed by atoms with van der Waals surface area (Å²) in [6.07, 6.45) is 0. The number of carbonyl (C=O) groups is 1. The van der Waals surface area contributed by atoms with E-state index in [9.17, 15) is 13.2 Å². The number of rotatable bonds is 4. The molecule has 1 aromatic rings. The Morgan fingerprint density at radius 2 is 1.81 bits per heavy atom. The first kappa shape index (κ1) is 18.2. The van der Waals surface area contributed by atoms with Crippen LogP contribution < -0.4 is 10.0 Å². The van der Waals surface area contributed by atoms with Crippen LogP contribution in [0.2, 0.25) is 10.0 Å². The summed E-state index contributed by atoms with van der Waals surface area (Å²) in [7, 11) is -3.94. The zero-order valence-electron chi connectivity index (χ0n) is 12.2. The highest BCUT2D eigenvalue weighted by atomic mass is 35.5. The molecule has 21 heavy (non-hydrogen) atoms. The first-order valence-corrected chi connectivity index (χ1v) is 8.46. The molecule has 0 saturated carbocycles. The maximum Gasteiger partial charge on any atom is 0.242 e. The predicted octanol–water partition coefficient (Wildman–Crippen LogP) is 2.57. The van der Waals surface area contributed by atoms with Gasteiger partial charge in [-0.05, 0) is 45.9 Å². The van der Waals surface area contributed by atoms with Crippen molar-refractivity contribution in [3.63, 3.8) is 0 Å². The molecule has 5 nitrogen and oxygen atoms in total. The van der Waals surface area contributed by atoms with Crippen LogP contribution in [0.4, 0.5) is 0 Å². The van der Waals surface area contributed by atoms with Crippen LogP contribution in [-0.4, -0.2) is 25.9 Å². The molecule has 8 heteroatoms. The van der Waals surface area contributed by atoms with Crippen LogP contribution in [0.1, 0.15) is 27.7 Å². The summed E-state index contributed by atoms with van der Waals surface area (Å²) < 4.78 is 26.8. The third-order valence-corrected chi connectivity index (χ3v) is 4.66. The smallest absolute Gasteiger partial charge is 0.242 e. The summed E-state index contributed by atoms with van der Waals surface area (Å²) in [6, 6.07) is 3.17. The minimum Gasteiger partial charge on any atom is -0.350 e. The second-order valence-corrected chi connectivity index (χ2v) is 8.18. The first-order valence-electron chi connectivity index (χ1n) is 6.22. The molecule has 0 aliphatic carbocycles. The minimum atomic E-state index is -3.94. The maximum absolute atomic E-state index is 12.3. The third kappa shape index (κ3) is 5.47. The number of benzene rings is 1. The Balaban J connectivity index is 2.95. The molecular formula is C13H18Cl2N2O3S. The van der Waals surface area contributed by atoms with Crippen LogP contribution in [-0.2, 0) is 14.8 Å². The van der Waals surface area contributed by atoms with E-state index < -0.39 is 27.5 Å². The molecule has 0 saturated heterocycles. The topological polar surface area (TPSA) is 75.3 Å². The van der Waals surface area contributed by atoms with Gasteiger partial charge in [0.05, 0.1) is 11.1 Å². The standard InChI is InChI=1S/C13H18Cl2N2O3S/c1-8(12(18)16-13(2,3)4)17-21(19,20)11-7-9(14)5-6-10(11)15/h5-8,17H,1-4H3,(H,16,18)/t8-/m0/s1. The molecule has 0 aliphatic rings. The van der Waals surface area contributed by atoms with Gasteiger partial charge in [-0.3, -0.25) is 4.79 Å². The molecule has 0 radical (unpaired) electrons. The van der Waals surface area contributed by atoms with E-state index in [-0.39, 0.29) is 14.9 Å². The van der Waals surface area contributed by atoms with Crippen LogP contribution in [0.5, 0.6) is 0 Å². The second kappa shape index (κ2) is 6.52. The van der Waals surface area contributed by atoms with Gasteiger partial charge in [-0.25, -0.2) is 8.42 Å². The summed E-state index contributed by atoms with van der Waals surface area (Å²) >= 11 is 11.7. The van der Waals surface area contributed by atoms with Crippen molar-refractivity contribution < 1.29 is 13.2 Å². The lowest BCUT2D eigenvalue weighted by Gasteiger charge is -2.23. The van der Waals surface area contributed by atoms with Crippen molar-refractivity contribution in [2.75, 3.05) is 0 Å². The van der Waals surface area contributed by atoms with Crippen molar-refractivity contribution in [2.45, 2.75) is 44.2 Å². The van der Waals surface area contributed by atoms with Crippen LogP contribution in [0.15, 0.2) is 23.1 Å². The van der Waals surface area contributed by atoms with Gasteiger partial charge in [-0.1, -0.05) is 23.2 Å². The highest BCUT2D eigenvalue weighted by Gasteiger charge is 2.26. The molecule has 2 N–H and O–H groups in total. The zero-order valence-corrected chi connectivity index (χ0v) is 14.5. The second-order valence-electron chi connectivity index (χ2n) is 5.66. The zero-order chi connectivity index (χ0) is 16.4. The van der Waals surface area contributed by atoms with Gasteiger partial charge in [0.2, 0.25) is 15.9 Å². The van der Waals surface area contributed by atoms with E-state index in [0.717, 1.165) is 0 Å². The van der Waals surface area contributed by atoms with Crippen molar-refractivity contribution in [1.82, 2.24) is 10.0 Å². The average molecular weight is 353 g/mol. The fraction of sp³-hybridized carbons (Fsp3) is 0.462. The molecule has 0 fully saturated rings. The van der Waals surface area contributed by atoms with Crippen LogP contribution >= 0.6 is 23.2 Å². The molecule has 0 aromatic heterocycles. The van der Waals surface area contributed by atoms with Crippen LogP contribution in [0.3, 0.4) is 0 Å². The SMILES string of the molecule is C[C@H](NS(=O)(=O)c1cc(Cl)ccc1Cl)C(=O)NC(C)(C)C. The van der Waals surface area contributed by atoms with Gasteiger partial charge in [-0.2, -0.15) is 4.72 Å². The number of nitrogens with one attached hydrogen (secondary N) is 2. The monoisotopic (exact) mass is 352 g/mol. The Morgan fingerprint density at radius 3 is 2.33 bits per heavy atom. The summed E-state index contributed by atoms with van der Waals surface area (Å²) in [5.74, 6) is -0.427. The van der Waals surface area contributed by atoms with E-state index in [1.807, 2.05) is 0 Å². The minimum absolute atomic E-state index is 0.0373. The summed E-state index contributed by atoms with van der Waals surface area (Å²) in [5.41, 5.74) is -0.454. The van der Waals surface area contributed by atoms with Crippen molar-refractivity contribution >= 4 is 39.1 Å². The quantitative estimate of drug-likeness (QED) is 0.874. The van der Waals surface area contributed by atoms with E-state index >= 15 is 0 Å². The van der Waals surface area contributed by atoms with Crippen molar-refractivity contribution in [2.24, 2.45) is 0 Å². The molecule has 0 spiro atoms. The normalized spacial score (nSPS) is 13.8. The summed E-state index contributed by atoms with van der Waals surface area (Å²) in [4.78, 5) is 11.8. The summed E-state index contributed by atoms with van der Waals surface area (Å²) in [5, 5.41) is 2.97. The molecule has 1 rings (SSSR count). The molecule has 0 aliphatic heterocycles. The molecule has 0 bridgehead atoms. The largest absolute Gasteiger partial charge is 0.350 e. The lowest BCUT2D eigenvalue weighted by Crippen LogP contribution is -2.50. The van der Waals surface area contributed by atoms with Gasteiger partial charge in [0.25, 0.3) is 0 Å². The number of carbonyl (C=O) groups excluding carboxylic acids is 1. The van der Waals surface area contributed by atoms with Gasteiger partial charge >= 0.3 is 0 Å². The van der Waals surface area contributed by atoms with E-state index in [2.05, 4.69) is 10.0 Å². The van der Waals surface area contributed by atoms with Crippen molar-refractivity contribution in [1.29, 1.82) is 0 Å². The highest BCUT2D eigenvalue weighted by molar-refractivity contribution is 7.89. The fourth-order valence-electron chi connectivity index (χ4n) is 1.51. The maximum atomic E-state index is 12.3. The number of amides is 1. The molecule has 1 atom stereocenters. The van der Waals surface area contributed by atoms with Gasteiger partial charge < -0.3 is 5.32 Å². The van der Waals surface area contributed by atoms with Crippen LogP contribution in [0, 0.1) is 0 Å². The Labute approximate surface area is 135 Å².